The molecule has 1 N–H and O–H groups in total. The van der Waals surface area contributed by atoms with Crippen LogP contribution >= 0.6 is 23.2 Å². The van der Waals surface area contributed by atoms with Crippen molar-refractivity contribution in [2.75, 3.05) is 11.9 Å². The quantitative estimate of drug-likeness (QED) is 0.573. The van der Waals surface area contributed by atoms with Gasteiger partial charge < -0.3 is 10.1 Å². The Kier molecular flexibility index (Phi) is 3.58. The number of rotatable bonds is 3. The summed E-state index contributed by atoms with van der Waals surface area (Å²) in [6.07, 6.45) is 3.59. The Morgan fingerprint density at radius 3 is 2.46 bits per heavy atom. The molecule has 1 heterocycles. The number of ether oxygens (including phenoxy) is 1. The smallest absolute Gasteiger partial charge is 0.272 e. The van der Waals surface area contributed by atoms with Gasteiger partial charge in [0, 0.05) is 29.8 Å². The van der Waals surface area contributed by atoms with E-state index < -0.39 is 4.92 Å². The van der Waals surface area contributed by atoms with E-state index in [-0.39, 0.29) is 26.9 Å². The standard InChI is InChI=1S/C17H14Cl2N2O3/c18-13-6-10(21(22)23)7-14(19)16(13)24-11-2-3-15-12(8-11)17(9-20-15)4-1-5-17/h2-3,6-8,20H,1,4-5,9H2. The Bertz CT molecular complexity index is 827. The molecule has 0 aromatic heterocycles. The molecule has 0 unspecified atom stereocenters. The summed E-state index contributed by atoms with van der Waals surface area (Å²) in [6, 6.07) is 8.33. The number of nitro benzene ring substituents is 1. The van der Waals surface area contributed by atoms with Gasteiger partial charge in [-0.3, -0.25) is 10.1 Å². The van der Waals surface area contributed by atoms with Crippen LogP contribution in [0.15, 0.2) is 30.3 Å². The third-order valence-corrected chi connectivity index (χ3v) is 5.47. The lowest BCUT2D eigenvalue weighted by Crippen LogP contribution is -2.35. The molecule has 2 aromatic carbocycles. The van der Waals surface area contributed by atoms with Crippen molar-refractivity contribution in [2.45, 2.75) is 24.7 Å². The monoisotopic (exact) mass is 364 g/mol. The lowest BCUT2D eigenvalue weighted by molar-refractivity contribution is -0.384. The number of nitrogens with zero attached hydrogens (tertiary/aromatic N) is 1. The molecule has 4 rings (SSSR count). The predicted octanol–water partition coefficient (Wildman–Crippen LogP) is 5.54. The van der Waals surface area contributed by atoms with E-state index in [0.29, 0.717) is 5.75 Å². The molecule has 2 aromatic rings. The first-order valence-electron chi connectivity index (χ1n) is 7.68. The number of hydrogen-bond donors (Lipinski definition) is 1. The minimum Gasteiger partial charge on any atom is -0.454 e. The summed E-state index contributed by atoms with van der Waals surface area (Å²) in [5.74, 6) is 0.860. The molecular formula is C17H14Cl2N2O3. The van der Waals surface area contributed by atoms with Gasteiger partial charge in [0.2, 0.25) is 0 Å². The topological polar surface area (TPSA) is 64.4 Å². The molecule has 0 amide bonds. The Hall–Kier alpha value is -1.98. The molecule has 0 atom stereocenters. The molecule has 1 spiro atoms. The number of hydrogen-bond acceptors (Lipinski definition) is 4. The number of non-ortho nitro benzene ring substituents is 1. The van der Waals surface area contributed by atoms with Crippen molar-refractivity contribution >= 4 is 34.6 Å². The fraction of sp³-hybridized carbons (Fsp3) is 0.294. The van der Waals surface area contributed by atoms with Crippen LogP contribution in [0.2, 0.25) is 10.0 Å². The minimum absolute atomic E-state index is 0.117. The normalized spacial score (nSPS) is 17.1. The molecule has 0 bridgehead atoms. The highest BCUT2D eigenvalue weighted by atomic mass is 35.5. The maximum atomic E-state index is 10.9. The van der Waals surface area contributed by atoms with Crippen molar-refractivity contribution in [1.82, 2.24) is 0 Å². The van der Waals surface area contributed by atoms with Gasteiger partial charge in [-0.25, -0.2) is 0 Å². The summed E-state index contributed by atoms with van der Waals surface area (Å²) in [6.45, 7) is 0.963. The van der Waals surface area contributed by atoms with Gasteiger partial charge in [0.15, 0.2) is 5.75 Å². The zero-order valence-corrected chi connectivity index (χ0v) is 14.2. The van der Waals surface area contributed by atoms with Gasteiger partial charge in [-0.15, -0.1) is 0 Å². The van der Waals surface area contributed by atoms with Crippen LogP contribution in [0.3, 0.4) is 0 Å². The average molecular weight is 365 g/mol. The maximum absolute atomic E-state index is 10.9. The summed E-state index contributed by atoms with van der Waals surface area (Å²) >= 11 is 12.2. The molecule has 7 heteroatoms. The Morgan fingerprint density at radius 2 is 1.88 bits per heavy atom. The van der Waals surface area contributed by atoms with Crippen LogP contribution in [-0.4, -0.2) is 11.5 Å². The van der Waals surface area contributed by atoms with E-state index in [2.05, 4.69) is 5.32 Å². The molecular weight excluding hydrogens is 351 g/mol. The molecule has 124 valence electrons. The fourth-order valence-electron chi connectivity index (χ4n) is 3.46. The van der Waals surface area contributed by atoms with Crippen LogP contribution in [0, 0.1) is 10.1 Å². The molecule has 0 radical (unpaired) electrons. The lowest BCUT2D eigenvalue weighted by atomic mass is 9.66. The summed E-state index contributed by atoms with van der Waals surface area (Å²) in [7, 11) is 0. The van der Waals surface area contributed by atoms with E-state index in [0.717, 1.165) is 12.2 Å². The van der Waals surface area contributed by atoms with Gasteiger partial charge in [-0.1, -0.05) is 29.6 Å². The molecule has 1 saturated carbocycles. The third-order valence-electron chi connectivity index (χ3n) is 4.90. The molecule has 1 aliphatic heterocycles. The SMILES string of the molecule is O=[N+]([O-])c1cc(Cl)c(Oc2ccc3c(c2)C2(CCC2)CN3)c(Cl)c1. The second-order valence-corrected chi connectivity index (χ2v) is 7.11. The van der Waals surface area contributed by atoms with Crippen LogP contribution in [-0.2, 0) is 5.41 Å². The van der Waals surface area contributed by atoms with E-state index in [1.165, 1.54) is 37.0 Å². The fourth-order valence-corrected chi connectivity index (χ4v) is 4.01. The van der Waals surface area contributed by atoms with Crippen LogP contribution in [0.5, 0.6) is 11.5 Å². The number of fused-ring (bicyclic) bond motifs is 2. The summed E-state index contributed by atoms with van der Waals surface area (Å²) < 4.78 is 5.85. The Balaban J connectivity index is 1.67. The van der Waals surface area contributed by atoms with Crippen LogP contribution in [0.1, 0.15) is 24.8 Å². The van der Waals surface area contributed by atoms with Crippen molar-refractivity contribution in [3.05, 3.63) is 56.1 Å². The van der Waals surface area contributed by atoms with E-state index in [9.17, 15) is 10.1 Å². The highest BCUT2D eigenvalue weighted by Gasteiger charge is 2.43. The van der Waals surface area contributed by atoms with Gasteiger partial charge in [0.05, 0.1) is 15.0 Å². The molecule has 0 saturated heterocycles. The first-order chi connectivity index (χ1) is 11.5. The summed E-state index contributed by atoms with van der Waals surface area (Å²) in [5, 5.41) is 14.5. The van der Waals surface area contributed by atoms with Crippen molar-refractivity contribution < 1.29 is 9.66 Å². The Morgan fingerprint density at radius 1 is 1.17 bits per heavy atom. The molecule has 5 nitrogen and oxygen atoms in total. The average Bonchev–Trinajstić information content (AvgIpc) is 2.89. The molecule has 1 fully saturated rings. The van der Waals surface area contributed by atoms with E-state index in [1.54, 1.807) is 0 Å². The maximum Gasteiger partial charge on any atom is 0.272 e. The Labute approximate surface area is 148 Å². The van der Waals surface area contributed by atoms with Gasteiger partial charge in [0.1, 0.15) is 5.75 Å². The van der Waals surface area contributed by atoms with Gasteiger partial charge in [-0.05, 0) is 36.6 Å². The van der Waals surface area contributed by atoms with Crippen molar-refractivity contribution in [3.63, 3.8) is 0 Å². The first kappa shape index (κ1) is 15.5. The summed E-state index contributed by atoms with van der Waals surface area (Å²) in [4.78, 5) is 10.3. The highest BCUT2D eigenvalue weighted by molar-refractivity contribution is 6.37. The third kappa shape index (κ3) is 2.39. The van der Waals surface area contributed by atoms with Gasteiger partial charge in [-0.2, -0.15) is 0 Å². The van der Waals surface area contributed by atoms with Crippen LogP contribution < -0.4 is 10.1 Å². The summed E-state index contributed by atoms with van der Waals surface area (Å²) in [5.41, 5.74) is 2.46. The molecule has 2 aliphatic rings. The molecule has 1 aliphatic carbocycles. The predicted molar refractivity (Wildman–Crippen MR) is 93.7 cm³/mol. The number of nitro groups is 1. The van der Waals surface area contributed by atoms with Crippen molar-refractivity contribution in [2.24, 2.45) is 0 Å². The van der Waals surface area contributed by atoms with Crippen LogP contribution in [0.25, 0.3) is 0 Å². The van der Waals surface area contributed by atoms with Crippen molar-refractivity contribution in [3.8, 4) is 11.5 Å². The van der Waals surface area contributed by atoms with E-state index in [4.69, 9.17) is 27.9 Å². The largest absolute Gasteiger partial charge is 0.454 e. The zero-order valence-electron chi connectivity index (χ0n) is 12.6. The second kappa shape index (κ2) is 5.53. The van der Waals surface area contributed by atoms with Crippen molar-refractivity contribution in [1.29, 1.82) is 0 Å². The lowest BCUT2D eigenvalue weighted by Gasteiger charge is -2.38. The van der Waals surface area contributed by atoms with E-state index in [1.807, 2.05) is 18.2 Å². The van der Waals surface area contributed by atoms with Gasteiger partial charge in [0.25, 0.3) is 5.69 Å². The van der Waals surface area contributed by atoms with Crippen LogP contribution in [0.4, 0.5) is 11.4 Å². The zero-order chi connectivity index (χ0) is 16.9. The second-order valence-electron chi connectivity index (χ2n) is 6.29. The molecule has 24 heavy (non-hydrogen) atoms. The number of nitrogens with one attached hydrogen (secondary N) is 1. The minimum atomic E-state index is -0.539. The van der Waals surface area contributed by atoms with Gasteiger partial charge >= 0.3 is 0 Å². The number of anilines is 1. The first-order valence-corrected chi connectivity index (χ1v) is 8.44. The number of benzene rings is 2. The van der Waals surface area contributed by atoms with E-state index >= 15 is 0 Å². The highest BCUT2D eigenvalue weighted by Crippen LogP contribution is 2.51. The number of halogens is 2.